The van der Waals surface area contributed by atoms with E-state index in [9.17, 15) is 14.7 Å². The van der Waals surface area contributed by atoms with E-state index in [-0.39, 0.29) is 23.0 Å². The highest BCUT2D eigenvalue weighted by Gasteiger charge is 2.18. The van der Waals surface area contributed by atoms with Crippen LogP contribution in [0.5, 0.6) is 11.5 Å². The van der Waals surface area contributed by atoms with Crippen LogP contribution in [0.4, 0.5) is 0 Å². The molecule has 1 aromatic rings. The Morgan fingerprint density at radius 2 is 2.05 bits per heavy atom. The highest BCUT2D eigenvalue weighted by Crippen LogP contribution is 2.22. The smallest absolute Gasteiger partial charge is 0.255 e. The topological polar surface area (TPSA) is 108 Å². The van der Waals surface area contributed by atoms with Crippen LogP contribution in [0.1, 0.15) is 17.3 Å². The van der Waals surface area contributed by atoms with Crippen LogP contribution in [-0.2, 0) is 9.53 Å². The van der Waals surface area contributed by atoms with E-state index in [2.05, 4.69) is 10.6 Å². The van der Waals surface area contributed by atoms with Crippen molar-refractivity contribution >= 4 is 11.8 Å². The molecule has 7 heteroatoms. The number of phenols is 2. The molecule has 110 valence electrons. The first-order valence-corrected chi connectivity index (χ1v) is 6.05. The summed E-state index contributed by atoms with van der Waals surface area (Å²) in [4.78, 5) is 23.5. The molecule has 0 spiro atoms. The second kappa shape index (κ2) is 7.34. The number of carbonyl (C=O) groups excluding carboxylic acids is 2. The van der Waals surface area contributed by atoms with Crippen LogP contribution in [0.15, 0.2) is 18.2 Å². The molecule has 1 aromatic carbocycles. The molecule has 1 rings (SSSR count). The Morgan fingerprint density at radius 3 is 2.65 bits per heavy atom. The van der Waals surface area contributed by atoms with Crippen LogP contribution in [0.25, 0.3) is 0 Å². The van der Waals surface area contributed by atoms with Gasteiger partial charge in [-0.2, -0.15) is 0 Å². The van der Waals surface area contributed by atoms with E-state index >= 15 is 0 Å². The summed E-state index contributed by atoms with van der Waals surface area (Å²) in [6.07, 6.45) is 0. The average molecular weight is 282 g/mol. The van der Waals surface area contributed by atoms with Crippen molar-refractivity contribution < 1.29 is 24.5 Å². The van der Waals surface area contributed by atoms with E-state index in [4.69, 9.17) is 9.84 Å². The molecule has 2 amide bonds. The zero-order valence-electron chi connectivity index (χ0n) is 11.3. The van der Waals surface area contributed by atoms with Gasteiger partial charge in [-0.1, -0.05) is 0 Å². The number of rotatable bonds is 6. The number of hydrogen-bond acceptors (Lipinski definition) is 5. The zero-order valence-corrected chi connectivity index (χ0v) is 11.3. The SMILES string of the molecule is COCCNC(=O)C(C)NC(=O)c1ccc(O)cc1O. The van der Waals surface area contributed by atoms with Crippen molar-refractivity contribution in [3.05, 3.63) is 23.8 Å². The number of ether oxygens (including phenoxy) is 1. The zero-order chi connectivity index (χ0) is 15.1. The number of benzene rings is 1. The number of aromatic hydroxyl groups is 2. The molecule has 0 aromatic heterocycles. The molecule has 1 unspecified atom stereocenters. The first-order chi connectivity index (χ1) is 9.45. The second-order valence-corrected chi connectivity index (χ2v) is 4.18. The molecule has 20 heavy (non-hydrogen) atoms. The van der Waals surface area contributed by atoms with Gasteiger partial charge in [-0.15, -0.1) is 0 Å². The Kier molecular flexibility index (Phi) is 5.79. The highest BCUT2D eigenvalue weighted by atomic mass is 16.5. The van der Waals surface area contributed by atoms with Gasteiger partial charge >= 0.3 is 0 Å². The molecule has 0 saturated carbocycles. The monoisotopic (exact) mass is 282 g/mol. The molecule has 0 fully saturated rings. The van der Waals surface area contributed by atoms with E-state index in [1.165, 1.54) is 26.2 Å². The predicted octanol–water partition coefficient (Wildman–Crippen LogP) is -0.0213. The molecular weight excluding hydrogens is 264 g/mol. The third kappa shape index (κ3) is 4.43. The van der Waals surface area contributed by atoms with Crippen LogP contribution in [-0.4, -0.2) is 48.3 Å². The quantitative estimate of drug-likeness (QED) is 0.548. The lowest BCUT2D eigenvalue weighted by Crippen LogP contribution is -2.45. The number of methoxy groups -OCH3 is 1. The first kappa shape index (κ1) is 15.8. The first-order valence-electron chi connectivity index (χ1n) is 6.05. The molecular formula is C13H18N2O5. The molecule has 7 nitrogen and oxygen atoms in total. The van der Waals surface area contributed by atoms with Crippen molar-refractivity contribution in [3.8, 4) is 11.5 Å². The van der Waals surface area contributed by atoms with Crippen molar-refractivity contribution in [1.82, 2.24) is 10.6 Å². The standard InChI is InChI=1S/C13H18N2O5/c1-8(12(18)14-5-6-20-2)15-13(19)10-4-3-9(16)7-11(10)17/h3-4,7-8,16-17H,5-6H2,1-2H3,(H,14,18)(H,15,19). The minimum atomic E-state index is -0.757. The lowest BCUT2D eigenvalue weighted by atomic mass is 10.1. The van der Waals surface area contributed by atoms with E-state index in [1.807, 2.05) is 0 Å². The van der Waals surface area contributed by atoms with Gasteiger partial charge in [0.05, 0.1) is 12.2 Å². The van der Waals surface area contributed by atoms with Gasteiger partial charge in [-0.05, 0) is 19.1 Å². The second-order valence-electron chi connectivity index (χ2n) is 4.18. The van der Waals surface area contributed by atoms with E-state index < -0.39 is 11.9 Å². The average Bonchev–Trinajstić information content (AvgIpc) is 2.38. The summed E-state index contributed by atoms with van der Waals surface area (Å²) in [5.41, 5.74) is -0.0145. The van der Waals surface area contributed by atoms with Crippen molar-refractivity contribution in [2.45, 2.75) is 13.0 Å². The molecule has 4 N–H and O–H groups in total. The third-order valence-corrected chi connectivity index (χ3v) is 2.57. The maximum atomic E-state index is 11.9. The van der Waals surface area contributed by atoms with Crippen molar-refractivity contribution in [3.63, 3.8) is 0 Å². The van der Waals surface area contributed by atoms with Gasteiger partial charge in [0.15, 0.2) is 0 Å². The lowest BCUT2D eigenvalue weighted by molar-refractivity contribution is -0.122. The fraction of sp³-hybridized carbons (Fsp3) is 0.385. The fourth-order valence-corrected chi connectivity index (χ4v) is 1.48. The van der Waals surface area contributed by atoms with Crippen molar-refractivity contribution in [1.29, 1.82) is 0 Å². The minimum absolute atomic E-state index is 0.0145. The molecule has 0 radical (unpaired) electrons. The fourth-order valence-electron chi connectivity index (χ4n) is 1.48. The highest BCUT2D eigenvalue weighted by molar-refractivity contribution is 5.99. The van der Waals surface area contributed by atoms with Gasteiger partial charge < -0.3 is 25.6 Å². The predicted molar refractivity (Wildman–Crippen MR) is 71.6 cm³/mol. The van der Waals surface area contributed by atoms with Crippen LogP contribution >= 0.6 is 0 Å². The third-order valence-electron chi connectivity index (χ3n) is 2.57. The molecule has 0 saturated heterocycles. The van der Waals surface area contributed by atoms with Gasteiger partial charge in [-0.3, -0.25) is 9.59 Å². The van der Waals surface area contributed by atoms with E-state index in [0.29, 0.717) is 13.2 Å². The van der Waals surface area contributed by atoms with Gasteiger partial charge in [0.25, 0.3) is 5.91 Å². The van der Waals surface area contributed by atoms with E-state index in [1.54, 1.807) is 0 Å². The number of amides is 2. The summed E-state index contributed by atoms with van der Waals surface area (Å²) < 4.78 is 4.79. The summed E-state index contributed by atoms with van der Waals surface area (Å²) in [6, 6.07) is 2.85. The van der Waals surface area contributed by atoms with E-state index in [0.717, 1.165) is 6.07 Å². The Morgan fingerprint density at radius 1 is 1.35 bits per heavy atom. The van der Waals surface area contributed by atoms with Crippen molar-refractivity contribution in [2.24, 2.45) is 0 Å². The molecule has 0 heterocycles. The van der Waals surface area contributed by atoms with Gasteiger partial charge in [0.1, 0.15) is 17.5 Å². The Balaban J connectivity index is 2.58. The van der Waals surface area contributed by atoms with Crippen LogP contribution in [0.2, 0.25) is 0 Å². The molecule has 0 aliphatic carbocycles. The molecule has 0 aliphatic heterocycles. The maximum Gasteiger partial charge on any atom is 0.255 e. The summed E-state index contributed by atoms with van der Waals surface area (Å²) in [5.74, 6) is -1.45. The molecule has 1 atom stereocenters. The number of nitrogens with one attached hydrogen (secondary N) is 2. The molecule has 0 bridgehead atoms. The largest absolute Gasteiger partial charge is 0.508 e. The van der Waals surface area contributed by atoms with Crippen LogP contribution < -0.4 is 10.6 Å². The van der Waals surface area contributed by atoms with Crippen LogP contribution in [0.3, 0.4) is 0 Å². The van der Waals surface area contributed by atoms with Gasteiger partial charge in [0, 0.05) is 19.7 Å². The summed E-state index contributed by atoms with van der Waals surface area (Å²) in [5, 5.41) is 23.7. The Labute approximate surface area is 116 Å². The van der Waals surface area contributed by atoms with Gasteiger partial charge in [0.2, 0.25) is 5.91 Å². The lowest BCUT2D eigenvalue weighted by Gasteiger charge is -2.14. The van der Waals surface area contributed by atoms with Crippen LogP contribution in [0, 0.1) is 0 Å². The Hall–Kier alpha value is -2.28. The normalized spacial score (nSPS) is 11.7. The number of phenolic OH excluding ortho intramolecular Hbond substituents is 2. The molecule has 0 aliphatic rings. The number of hydrogen-bond donors (Lipinski definition) is 4. The summed E-state index contributed by atoms with van der Waals surface area (Å²) in [7, 11) is 1.52. The van der Waals surface area contributed by atoms with Crippen molar-refractivity contribution in [2.75, 3.05) is 20.3 Å². The minimum Gasteiger partial charge on any atom is -0.508 e. The maximum absolute atomic E-state index is 11.9. The summed E-state index contributed by atoms with van der Waals surface area (Å²) in [6.45, 7) is 2.25. The summed E-state index contributed by atoms with van der Waals surface area (Å²) >= 11 is 0. The van der Waals surface area contributed by atoms with Gasteiger partial charge in [-0.25, -0.2) is 0 Å². The number of carbonyl (C=O) groups is 2. The Bertz CT molecular complexity index is 490.